The Morgan fingerprint density at radius 2 is 0.255 bits per heavy atom. The van der Waals surface area contributed by atoms with Crippen molar-refractivity contribution in [1.29, 1.82) is 0 Å². The van der Waals surface area contributed by atoms with Gasteiger partial charge in [0.2, 0.25) is 0 Å². The first kappa shape index (κ1) is 55.0. The zero-order chi connectivity index (χ0) is 39.9. The summed E-state index contributed by atoms with van der Waals surface area (Å²) in [5, 5.41) is 0. The van der Waals surface area contributed by atoms with E-state index in [1.807, 2.05) is 0 Å². The molecular weight excluding hydrogens is 663 g/mol. The Morgan fingerprint density at radius 3 is 0.382 bits per heavy atom. The maximum Gasteiger partial charge on any atom is 0.0786 e. The lowest BCUT2D eigenvalue weighted by molar-refractivity contribution is -0.929. The summed E-state index contributed by atoms with van der Waals surface area (Å²) in [5.74, 6) is 0. The van der Waals surface area contributed by atoms with Crippen molar-refractivity contribution in [2.75, 3.05) is 26.2 Å². The highest BCUT2D eigenvalue weighted by Gasteiger charge is 2.25. The predicted octanol–water partition coefficient (Wildman–Crippen LogP) is 19.8. The van der Waals surface area contributed by atoms with Crippen LogP contribution >= 0.6 is 0 Å². The van der Waals surface area contributed by atoms with Crippen molar-refractivity contribution in [3.63, 3.8) is 0 Å². The summed E-state index contributed by atoms with van der Waals surface area (Å²) in [4.78, 5) is 0. The zero-order valence-corrected chi connectivity index (χ0v) is 39.8. The number of hydrogen-bond donors (Lipinski definition) is 0. The fraction of sp³-hybridized carbons (Fsp3) is 1.00. The standard InChI is InChI=1S/C54H112N/c1-5-9-13-17-21-25-29-32-36-40-44-48-52-55(51-47-43-39-35-28-24-20-16-12-8-4,53-49-45-41-37-33-30-26-22-18-14-10-6-2)54-50-46-42-38-34-31-27-23-19-15-11-7-3/h5-54H2,1-4H3/q+1. The third-order valence-electron chi connectivity index (χ3n) is 13.4. The van der Waals surface area contributed by atoms with Crippen LogP contribution < -0.4 is 0 Å². The van der Waals surface area contributed by atoms with E-state index in [1.165, 1.54) is 326 Å². The van der Waals surface area contributed by atoms with Crippen molar-refractivity contribution in [2.45, 2.75) is 323 Å². The number of hydrogen-bond acceptors (Lipinski definition) is 0. The van der Waals surface area contributed by atoms with E-state index in [4.69, 9.17) is 0 Å². The third kappa shape index (κ3) is 43.4. The monoisotopic (exact) mass is 775 g/mol. The Kier molecular flexibility index (Phi) is 48.3. The van der Waals surface area contributed by atoms with E-state index >= 15 is 0 Å². The second kappa shape index (κ2) is 48.3. The average molecular weight is 775 g/mol. The first-order valence-corrected chi connectivity index (χ1v) is 27.1. The van der Waals surface area contributed by atoms with Crippen LogP contribution in [-0.4, -0.2) is 30.7 Å². The molecule has 0 amide bonds. The molecule has 332 valence electrons. The molecule has 0 aliphatic carbocycles. The molecule has 0 bridgehead atoms. The van der Waals surface area contributed by atoms with Crippen LogP contribution in [0.4, 0.5) is 0 Å². The van der Waals surface area contributed by atoms with Crippen molar-refractivity contribution in [2.24, 2.45) is 0 Å². The molecule has 0 aromatic rings. The summed E-state index contributed by atoms with van der Waals surface area (Å²) >= 11 is 0. The molecule has 0 radical (unpaired) electrons. The summed E-state index contributed by atoms with van der Waals surface area (Å²) in [7, 11) is 0. The largest absolute Gasteiger partial charge is 0.324 e. The van der Waals surface area contributed by atoms with E-state index in [0.717, 1.165) is 0 Å². The molecule has 1 nitrogen and oxygen atoms in total. The Labute approximate surface area is 352 Å². The molecule has 0 aromatic carbocycles. The van der Waals surface area contributed by atoms with Gasteiger partial charge < -0.3 is 4.48 Å². The number of unbranched alkanes of at least 4 members (excludes halogenated alkanes) is 42. The summed E-state index contributed by atoms with van der Waals surface area (Å²) in [6.45, 7) is 15.3. The Hall–Kier alpha value is -0.0400. The van der Waals surface area contributed by atoms with Crippen LogP contribution in [0.1, 0.15) is 323 Å². The van der Waals surface area contributed by atoms with Gasteiger partial charge in [0.1, 0.15) is 0 Å². The summed E-state index contributed by atoms with van der Waals surface area (Å²) in [5.41, 5.74) is 0. The first-order valence-electron chi connectivity index (χ1n) is 27.1. The molecule has 0 rings (SSSR count). The molecule has 0 saturated carbocycles. The Bertz CT molecular complexity index is 586. The van der Waals surface area contributed by atoms with Gasteiger partial charge in [0, 0.05) is 0 Å². The number of rotatable bonds is 50. The van der Waals surface area contributed by atoms with Gasteiger partial charge in [-0.25, -0.2) is 0 Å². The topological polar surface area (TPSA) is 0 Å². The molecule has 0 saturated heterocycles. The van der Waals surface area contributed by atoms with E-state index in [0.29, 0.717) is 0 Å². The summed E-state index contributed by atoms with van der Waals surface area (Å²) in [6, 6.07) is 0. The van der Waals surface area contributed by atoms with Crippen LogP contribution in [0.5, 0.6) is 0 Å². The van der Waals surface area contributed by atoms with E-state index in [1.54, 1.807) is 0 Å². The van der Waals surface area contributed by atoms with Gasteiger partial charge in [-0.05, 0) is 51.4 Å². The van der Waals surface area contributed by atoms with Crippen molar-refractivity contribution >= 4 is 0 Å². The maximum atomic E-state index is 2.34. The van der Waals surface area contributed by atoms with Crippen molar-refractivity contribution < 1.29 is 4.48 Å². The van der Waals surface area contributed by atoms with Gasteiger partial charge in [-0.1, -0.05) is 272 Å². The maximum absolute atomic E-state index is 2.34. The van der Waals surface area contributed by atoms with Crippen LogP contribution in [0, 0.1) is 0 Å². The first-order chi connectivity index (χ1) is 27.2. The normalized spacial score (nSPS) is 12.0. The SMILES string of the molecule is CCCCCCCCCCCCCC[N+](CCCCCCCCCCCC)(CCCCCCCCCCCCCC)CCCCCCCCCCCCCC. The highest BCUT2D eigenvalue weighted by Crippen LogP contribution is 2.22. The van der Waals surface area contributed by atoms with E-state index in [9.17, 15) is 0 Å². The van der Waals surface area contributed by atoms with Gasteiger partial charge in [0.25, 0.3) is 0 Å². The molecule has 0 atom stereocenters. The van der Waals surface area contributed by atoms with E-state index in [-0.39, 0.29) is 0 Å². The quantitative estimate of drug-likeness (QED) is 0.0426. The van der Waals surface area contributed by atoms with Gasteiger partial charge in [-0.3, -0.25) is 0 Å². The highest BCUT2D eigenvalue weighted by atomic mass is 15.3. The highest BCUT2D eigenvalue weighted by molar-refractivity contribution is 4.57. The van der Waals surface area contributed by atoms with Gasteiger partial charge >= 0.3 is 0 Å². The second-order valence-corrected chi connectivity index (χ2v) is 19.1. The molecule has 0 aliphatic heterocycles. The molecule has 0 aliphatic rings. The minimum atomic E-state index is 1.37. The summed E-state index contributed by atoms with van der Waals surface area (Å²) < 4.78 is 1.49. The van der Waals surface area contributed by atoms with Crippen molar-refractivity contribution in [3.8, 4) is 0 Å². The van der Waals surface area contributed by atoms with Gasteiger partial charge in [0.05, 0.1) is 26.2 Å². The van der Waals surface area contributed by atoms with Crippen molar-refractivity contribution in [1.82, 2.24) is 0 Å². The van der Waals surface area contributed by atoms with Crippen LogP contribution in [0.2, 0.25) is 0 Å². The third-order valence-corrected chi connectivity index (χ3v) is 13.4. The second-order valence-electron chi connectivity index (χ2n) is 19.1. The average Bonchev–Trinajstić information content (AvgIpc) is 3.19. The molecule has 1 heteroatoms. The molecule has 55 heavy (non-hydrogen) atoms. The molecule has 0 spiro atoms. The predicted molar refractivity (Wildman–Crippen MR) is 255 cm³/mol. The number of nitrogens with zero attached hydrogens (tertiary/aromatic N) is 1. The van der Waals surface area contributed by atoms with Crippen LogP contribution in [0.3, 0.4) is 0 Å². The molecule has 0 unspecified atom stereocenters. The minimum absolute atomic E-state index is 1.37. The van der Waals surface area contributed by atoms with Crippen LogP contribution in [0.25, 0.3) is 0 Å². The number of quaternary nitrogens is 1. The van der Waals surface area contributed by atoms with Gasteiger partial charge in [-0.2, -0.15) is 0 Å². The molecule has 0 heterocycles. The van der Waals surface area contributed by atoms with Gasteiger partial charge in [0.15, 0.2) is 0 Å². The lowest BCUT2D eigenvalue weighted by Gasteiger charge is -2.40. The Balaban J connectivity index is 4.89. The minimum Gasteiger partial charge on any atom is -0.324 e. The molecular formula is C54H112N+. The fourth-order valence-corrected chi connectivity index (χ4v) is 9.47. The van der Waals surface area contributed by atoms with Crippen LogP contribution in [0.15, 0.2) is 0 Å². The smallest absolute Gasteiger partial charge is 0.0786 e. The van der Waals surface area contributed by atoms with E-state index in [2.05, 4.69) is 27.7 Å². The fourth-order valence-electron chi connectivity index (χ4n) is 9.47. The zero-order valence-electron chi connectivity index (χ0n) is 39.8. The van der Waals surface area contributed by atoms with Crippen LogP contribution in [-0.2, 0) is 0 Å². The van der Waals surface area contributed by atoms with Gasteiger partial charge in [-0.15, -0.1) is 0 Å². The molecule has 0 aromatic heterocycles. The lowest BCUT2D eigenvalue weighted by atomic mass is 10.0. The Morgan fingerprint density at radius 1 is 0.145 bits per heavy atom. The van der Waals surface area contributed by atoms with E-state index < -0.39 is 0 Å². The molecule has 0 fully saturated rings. The summed E-state index contributed by atoms with van der Waals surface area (Å²) in [6.07, 6.45) is 67.7. The van der Waals surface area contributed by atoms with Crippen molar-refractivity contribution in [3.05, 3.63) is 0 Å². The lowest BCUT2D eigenvalue weighted by Crippen LogP contribution is -2.50. The molecule has 0 N–H and O–H groups in total.